The van der Waals surface area contributed by atoms with Crippen LogP contribution in [0.2, 0.25) is 0 Å². The number of aliphatic imine (C=N–C) groups is 1. The third-order valence-corrected chi connectivity index (χ3v) is 6.02. The van der Waals surface area contributed by atoms with E-state index >= 15 is 0 Å². The largest absolute Gasteiger partial charge is 0.460 e. The lowest BCUT2D eigenvalue weighted by molar-refractivity contribution is 0.392. The molecule has 1 N–H and O–H groups in total. The summed E-state index contributed by atoms with van der Waals surface area (Å²) < 4.78 is 6.46. The second kappa shape index (κ2) is 7.36. The van der Waals surface area contributed by atoms with Crippen LogP contribution in [-0.2, 0) is 6.42 Å². The van der Waals surface area contributed by atoms with Gasteiger partial charge in [0, 0.05) is 48.7 Å². The van der Waals surface area contributed by atoms with E-state index in [2.05, 4.69) is 39.6 Å². The highest BCUT2D eigenvalue weighted by Crippen LogP contribution is 2.40. The summed E-state index contributed by atoms with van der Waals surface area (Å²) in [6.45, 7) is 2.09. The van der Waals surface area contributed by atoms with Gasteiger partial charge in [-0.3, -0.25) is 9.98 Å². The average Bonchev–Trinajstić information content (AvgIpc) is 3.39. The summed E-state index contributed by atoms with van der Waals surface area (Å²) in [5.41, 5.74) is 7.39. The molecular weight excluding hydrogens is 346 g/mol. The molecule has 0 saturated carbocycles. The molecule has 4 heteroatoms. The number of aromatic nitrogens is 1. The predicted octanol–water partition coefficient (Wildman–Crippen LogP) is 4.84. The molecule has 1 unspecified atom stereocenters. The second-order valence-electron chi connectivity index (χ2n) is 7.71. The summed E-state index contributed by atoms with van der Waals surface area (Å²) in [6, 6.07) is 13.1. The van der Waals surface area contributed by atoms with Gasteiger partial charge in [-0.05, 0) is 67.1 Å². The Morgan fingerprint density at radius 1 is 1.04 bits per heavy atom. The Morgan fingerprint density at radius 2 is 1.93 bits per heavy atom. The molecule has 3 heterocycles. The van der Waals surface area contributed by atoms with E-state index in [1.807, 2.05) is 31.6 Å². The lowest BCUT2D eigenvalue weighted by atomic mass is 9.94. The van der Waals surface area contributed by atoms with E-state index in [4.69, 9.17) is 4.42 Å². The van der Waals surface area contributed by atoms with Crippen molar-refractivity contribution >= 4 is 5.71 Å². The standard InChI is InChI=1S/C24H25N3O/c1-25-22-7-5-17-13-18(4-6-20(17)22)21-14-23(19-3-2-10-27-15-19)28-24(21)16-8-11-26-12-9-16/h4,6,8-9,11-14,19,27H,2-3,5,7,10,15H2,1H3/b25-22+. The summed E-state index contributed by atoms with van der Waals surface area (Å²) >= 11 is 0. The molecule has 3 aromatic rings. The van der Waals surface area contributed by atoms with Gasteiger partial charge in [0.1, 0.15) is 11.5 Å². The zero-order chi connectivity index (χ0) is 18.9. The average molecular weight is 371 g/mol. The smallest absolute Gasteiger partial charge is 0.142 e. The molecule has 28 heavy (non-hydrogen) atoms. The van der Waals surface area contributed by atoms with Gasteiger partial charge in [0.05, 0.1) is 0 Å². The minimum Gasteiger partial charge on any atom is -0.460 e. The molecule has 2 aliphatic rings. The molecule has 0 radical (unpaired) electrons. The molecule has 1 fully saturated rings. The van der Waals surface area contributed by atoms with Crippen molar-refractivity contribution in [2.45, 2.75) is 31.6 Å². The van der Waals surface area contributed by atoms with E-state index in [0.29, 0.717) is 5.92 Å². The Morgan fingerprint density at radius 3 is 2.71 bits per heavy atom. The lowest BCUT2D eigenvalue weighted by Gasteiger charge is -2.20. The maximum absolute atomic E-state index is 6.46. The van der Waals surface area contributed by atoms with Gasteiger partial charge in [-0.2, -0.15) is 0 Å². The van der Waals surface area contributed by atoms with Crippen LogP contribution >= 0.6 is 0 Å². The fourth-order valence-corrected chi connectivity index (χ4v) is 4.51. The number of furan rings is 1. The van der Waals surface area contributed by atoms with E-state index in [9.17, 15) is 0 Å². The van der Waals surface area contributed by atoms with E-state index in [1.54, 1.807) is 0 Å². The normalized spacial score (nSPS) is 20.5. The summed E-state index contributed by atoms with van der Waals surface area (Å²) in [7, 11) is 1.89. The fourth-order valence-electron chi connectivity index (χ4n) is 4.51. The number of nitrogens with one attached hydrogen (secondary N) is 1. The van der Waals surface area contributed by atoms with Crippen molar-refractivity contribution in [3.8, 4) is 22.5 Å². The molecule has 142 valence electrons. The minimum absolute atomic E-state index is 0.441. The molecule has 1 atom stereocenters. The van der Waals surface area contributed by atoms with Crippen LogP contribution in [0.25, 0.3) is 22.5 Å². The number of aryl methyl sites for hydroxylation is 1. The van der Waals surface area contributed by atoms with Crippen molar-refractivity contribution < 1.29 is 4.42 Å². The molecule has 0 amide bonds. The van der Waals surface area contributed by atoms with Gasteiger partial charge < -0.3 is 9.73 Å². The van der Waals surface area contributed by atoms with Crippen LogP contribution in [0.5, 0.6) is 0 Å². The topological polar surface area (TPSA) is 50.4 Å². The Hall–Kier alpha value is -2.72. The fraction of sp³-hybridized carbons (Fsp3) is 0.333. The van der Waals surface area contributed by atoms with Crippen LogP contribution in [0.1, 0.15) is 42.1 Å². The maximum Gasteiger partial charge on any atom is 0.142 e. The van der Waals surface area contributed by atoms with Crippen LogP contribution in [0.3, 0.4) is 0 Å². The highest BCUT2D eigenvalue weighted by molar-refractivity contribution is 6.05. The third-order valence-electron chi connectivity index (χ3n) is 6.02. The number of benzene rings is 1. The van der Waals surface area contributed by atoms with Gasteiger partial charge >= 0.3 is 0 Å². The van der Waals surface area contributed by atoms with Crippen LogP contribution in [-0.4, -0.2) is 30.8 Å². The van der Waals surface area contributed by atoms with Crippen molar-refractivity contribution in [3.63, 3.8) is 0 Å². The molecule has 5 rings (SSSR count). The van der Waals surface area contributed by atoms with Crippen LogP contribution in [0.15, 0.2) is 58.2 Å². The quantitative estimate of drug-likeness (QED) is 0.717. The molecular formula is C24H25N3O. The summed E-state index contributed by atoms with van der Waals surface area (Å²) in [5, 5.41) is 3.50. The number of pyridine rings is 1. The molecule has 0 bridgehead atoms. The predicted molar refractivity (Wildman–Crippen MR) is 113 cm³/mol. The SMILES string of the molecule is C/N=C1\CCc2cc(-c3cc(C4CCCNC4)oc3-c3ccncc3)ccc21. The van der Waals surface area contributed by atoms with Gasteiger partial charge in [0.2, 0.25) is 0 Å². The van der Waals surface area contributed by atoms with Crippen molar-refractivity contribution in [1.29, 1.82) is 0 Å². The lowest BCUT2D eigenvalue weighted by Crippen LogP contribution is -2.28. The van der Waals surface area contributed by atoms with Crippen LogP contribution in [0.4, 0.5) is 0 Å². The Bertz CT molecular complexity index is 1010. The zero-order valence-corrected chi connectivity index (χ0v) is 16.2. The van der Waals surface area contributed by atoms with E-state index < -0.39 is 0 Å². The first-order valence-electron chi connectivity index (χ1n) is 10.2. The molecule has 1 aliphatic carbocycles. The van der Waals surface area contributed by atoms with Crippen LogP contribution in [0, 0.1) is 0 Å². The van der Waals surface area contributed by atoms with Crippen LogP contribution < -0.4 is 5.32 Å². The number of rotatable bonds is 3. The highest BCUT2D eigenvalue weighted by Gasteiger charge is 2.24. The molecule has 0 spiro atoms. The summed E-state index contributed by atoms with van der Waals surface area (Å²) in [4.78, 5) is 8.62. The Kier molecular flexibility index (Phi) is 4.57. The van der Waals surface area contributed by atoms with E-state index in [-0.39, 0.29) is 0 Å². The molecule has 1 aromatic carbocycles. The second-order valence-corrected chi connectivity index (χ2v) is 7.71. The van der Waals surface area contributed by atoms with Crippen molar-refractivity contribution in [3.05, 3.63) is 65.7 Å². The number of nitrogens with zero attached hydrogens (tertiary/aromatic N) is 2. The maximum atomic E-state index is 6.46. The highest BCUT2D eigenvalue weighted by atomic mass is 16.3. The van der Waals surface area contributed by atoms with Gasteiger partial charge in [0.15, 0.2) is 0 Å². The zero-order valence-electron chi connectivity index (χ0n) is 16.2. The van der Waals surface area contributed by atoms with E-state index in [1.165, 1.54) is 40.8 Å². The van der Waals surface area contributed by atoms with Gasteiger partial charge in [-0.25, -0.2) is 0 Å². The summed E-state index contributed by atoms with van der Waals surface area (Å²) in [6.07, 6.45) is 8.14. The summed E-state index contributed by atoms with van der Waals surface area (Å²) in [5.74, 6) is 2.48. The Balaban J connectivity index is 1.61. The molecule has 4 nitrogen and oxygen atoms in total. The van der Waals surface area contributed by atoms with Crippen molar-refractivity contribution in [2.24, 2.45) is 4.99 Å². The third kappa shape index (κ3) is 3.08. The number of fused-ring (bicyclic) bond motifs is 1. The molecule has 1 aliphatic heterocycles. The van der Waals surface area contributed by atoms with Gasteiger partial charge in [0.25, 0.3) is 0 Å². The first-order chi connectivity index (χ1) is 13.8. The molecule has 2 aromatic heterocycles. The number of hydrogen-bond donors (Lipinski definition) is 1. The van der Waals surface area contributed by atoms with Gasteiger partial charge in [-0.1, -0.05) is 18.2 Å². The monoisotopic (exact) mass is 371 g/mol. The number of piperidine rings is 1. The first-order valence-corrected chi connectivity index (χ1v) is 10.2. The van der Waals surface area contributed by atoms with Gasteiger partial charge in [-0.15, -0.1) is 0 Å². The van der Waals surface area contributed by atoms with E-state index in [0.717, 1.165) is 43.0 Å². The minimum atomic E-state index is 0.441. The molecule has 1 saturated heterocycles. The number of hydrogen-bond acceptors (Lipinski definition) is 4. The first kappa shape index (κ1) is 17.4. The van der Waals surface area contributed by atoms with Crippen molar-refractivity contribution in [1.82, 2.24) is 10.3 Å². The van der Waals surface area contributed by atoms with Crippen molar-refractivity contribution in [2.75, 3.05) is 20.1 Å². The Labute approximate surface area is 165 Å².